The van der Waals surface area contributed by atoms with Crippen molar-refractivity contribution in [1.29, 1.82) is 0 Å². The van der Waals surface area contributed by atoms with E-state index in [1.54, 1.807) is 38.0 Å². The van der Waals surface area contributed by atoms with Gasteiger partial charge in [-0.1, -0.05) is 24.3 Å². The van der Waals surface area contributed by atoms with E-state index in [-0.39, 0.29) is 22.6 Å². The second kappa shape index (κ2) is 14.3. The Hall–Kier alpha value is -5.00. The van der Waals surface area contributed by atoms with E-state index in [0.29, 0.717) is 29.7 Å². The summed E-state index contributed by atoms with van der Waals surface area (Å²) in [6, 6.07) is 19.0. The molecule has 2 aliphatic carbocycles. The number of β-amino-alcohol motifs (C(OH)–C–C–N with tert-alkyl or cyclic N) is 1. The molecule has 4 heterocycles. The smallest absolute Gasteiger partial charge is 0.284 e. The van der Waals surface area contributed by atoms with Crippen molar-refractivity contribution in [3.63, 3.8) is 0 Å². The molecule has 0 radical (unpaired) electrons. The molecule has 3 aliphatic rings. The van der Waals surface area contributed by atoms with Crippen LogP contribution in [0, 0.1) is 19.3 Å². The van der Waals surface area contributed by atoms with Gasteiger partial charge in [0.05, 0.1) is 36.7 Å². The Morgan fingerprint density at radius 3 is 2.49 bits per heavy atom. The van der Waals surface area contributed by atoms with Crippen LogP contribution in [0.3, 0.4) is 0 Å². The van der Waals surface area contributed by atoms with Crippen molar-refractivity contribution >= 4 is 22.6 Å². The summed E-state index contributed by atoms with van der Waals surface area (Å²) in [5.41, 5.74) is 4.65. The summed E-state index contributed by atoms with van der Waals surface area (Å²) in [6.07, 6.45) is 9.29. The number of aliphatic hydroxyl groups is 1. The lowest BCUT2D eigenvalue weighted by Crippen LogP contribution is -2.25. The summed E-state index contributed by atoms with van der Waals surface area (Å²) in [5.74, 6) is 2.19. The molecule has 2 aromatic carbocycles. The lowest BCUT2D eigenvalue weighted by atomic mass is 10.0. The van der Waals surface area contributed by atoms with E-state index in [4.69, 9.17) is 9.47 Å². The van der Waals surface area contributed by atoms with Gasteiger partial charge in [0, 0.05) is 55.9 Å². The van der Waals surface area contributed by atoms with Crippen molar-refractivity contribution in [1.82, 2.24) is 24.2 Å². The van der Waals surface area contributed by atoms with Crippen LogP contribution in [0.25, 0.3) is 16.6 Å². The molecule has 8 rings (SSSR count). The topological polar surface area (TPSA) is 124 Å². The SMILES string of the molecule is COc1cc2c(C3CC3)ccnc2cc1OCCCN1CC(O)C2(CC2)C1.Cc1ccc(NC(=O)c2c(C)n(C)n(-c3ccccc3)c2=O)nc1. The van der Waals surface area contributed by atoms with E-state index < -0.39 is 5.91 Å². The molecule has 3 aromatic heterocycles. The molecule has 11 heteroatoms. The number of amides is 1. The highest BCUT2D eigenvalue weighted by Crippen LogP contribution is 2.52. The molecule has 2 N–H and O–H groups in total. The number of carbonyl (C=O) groups is 1. The van der Waals surface area contributed by atoms with Crippen molar-refractivity contribution in [3.05, 3.63) is 106 Å². The van der Waals surface area contributed by atoms with E-state index in [9.17, 15) is 14.7 Å². The Bertz CT molecular complexity index is 2080. The predicted molar refractivity (Wildman–Crippen MR) is 197 cm³/mol. The highest BCUT2D eigenvalue weighted by atomic mass is 16.5. The summed E-state index contributed by atoms with van der Waals surface area (Å²) in [6.45, 7) is 7.13. The second-order valence-electron chi connectivity index (χ2n) is 14.1. The zero-order valence-electron chi connectivity index (χ0n) is 29.8. The maximum Gasteiger partial charge on any atom is 0.284 e. The van der Waals surface area contributed by atoms with Gasteiger partial charge in [-0.2, -0.15) is 0 Å². The van der Waals surface area contributed by atoms with Gasteiger partial charge < -0.3 is 19.9 Å². The number of fused-ring (bicyclic) bond motifs is 1. The van der Waals surface area contributed by atoms with Gasteiger partial charge in [-0.05, 0) is 93.3 Å². The van der Waals surface area contributed by atoms with Crippen LogP contribution in [-0.4, -0.2) is 74.7 Å². The number of methoxy groups -OCH3 is 1. The summed E-state index contributed by atoms with van der Waals surface area (Å²) >= 11 is 0. The van der Waals surface area contributed by atoms with Gasteiger partial charge in [0.25, 0.3) is 11.5 Å². The van der Waals surface area contributed by atoms with Crippen molar-refractivity contribution in [3.8, 4) is 17.2 Å². The number of aliphatic hydroxyl groups excluding tert-OH is 1. The number of anilines is 1. The number of rotatable bonds is 10. The number of carbonyl (C=O) groups excluding carboxylic acids is 1. The first-order chi connectivity index (χ1) is 24.7. The monoisotopic (exact) mass is 690 g/mol. The predicted octanol–water partition coefficient (Wildman–Crippen LogP) is 5.79. The average molecular weight is 691 g/mol. The number of para-hydroxylation sites is 1. The minimum absolute atomic E-state index is 0.115. The third kappa shape index (κ3) is 7.27. The molecule has 5 aromatic rings. The highest BCUT2D eigenvalue weighted by molar-refractivity contribution is 6.04. The number of hydrogen-bond donors (Lipinski definition) is 2. The van der Waals surface area contributed by atoms with E-state index in [1.165, 1.54) is 41.3 Å². The first kappa shape index (κ1) is 34.4. The van der Waals surface area contributed by atoms with Crippen molar-refractivity contribution in [2.24, 2.45) is 12.5 Å². The third-order valence-corrected chi connectivity index (χ3v) is 10.5. The Morgan fingerprint density at radius 2 is 1.82 bits per heavy atom. The number of nitrogens with zero attached hydrogens (tertiary/aromatic N) is 5. The molecule has 3 fully saturated rings. The Labute approximate surface area is 297 Å². The number of likely N-dealkylation sites (tertiary alicyclic amines) is 1. The molecule has 0 bridgehead atoms. The Kier molecular flexibility index (Phi) is 9.67. The number of benzene rings is 2. The molecular weight excluding hydrogens is 644 g/mol. The summed E-state index contributed by atoms with van der Waals surface area (Å²) in [7, 11) is 3.45. The van der Waals surface area contributed by atoms with Crippen LogP contribution in [0.2, 0.25) is 0 Å². The van der Waals surface area contributed by atoms with Gasteiger partial charge in [0.15, 0.2) is 11.5 Å². The fourth-order valence-electron chi connectivity index (χ4n) is 7.09. The molecule has 1 atom stereocenters. The fraction of sp³-hybridized carbons (Fsp3) is 0.400. The zero-order valence-corrected chi connectivity index (χ0v) is 29.8. The molecule has 1 spiro atoms. The van der Waals surface area contributed by atoms with Crippen LogP contribution in [0.5, 0.6) is 11.5 Å². The summed E-state index contributed by atoms with van der Waals surface area (Å²) in [4.78, 5) is 36.4. The lowest BCUT2D eigenvalue weighted by molar-refractivity contribution is 0.102. The quantitative estimate of drug-likeness (QED) is 0.177. The summed E-state index contributed by atoms with van der Waals surface area (Å²) in [5, 5.41) is 14.0. The molecule has 1 saturated heterocycles. The number of aryl methyl sites for hydroxylation is 1. The molecule has 266 valence electrons. The van der Waals surface area contributed by atoms with Gasteiger partial charge >= 0.3 is 0 Å². The minimum atomic E-state index is -0.459. The van der Waals surface area contributed by atoms with Gasteiger partial charge in [0.2, 0.25) is 0 Å². The highest BCUT2D eigenvalue weighted by Gasteiger charge is 2.54. The number of hydrogen-bond acceptors (Lipinski definition) is 8. The summed E-state index contributed by atoms with van der Waals surface area (Å²) < 4.78 is 14.8. The van der Waals surface area contributed by atoms with Crippen LogP contribution >= 0.6 is 0 Å². The van der Waals surface area contributed by atoms with Gasteiger partial charge in [-0.15, -0.1) is 0 Å². The van der Waals surface area contributed by atoms with Crippen LogP contribution in [0.15, 0.2) is 77.9 Å². The van der Waals surface area contributed by atoms with Crippen LogP contribution < -0.4 is 20.3 Å². The first-order valence-corrected chi connectivity index (χ1v) is 17.8. The lowest BCUT2D eigenvalue weighted by Gasteiger charge is -2.16. The van der Waals surface area contributed by atoms with E-state index in [0.717, 1.165) is 48.6 Å². The van der Waals surface area contributed by atoms with Gasteiger partial charge in [-0.3, -0.25) is 24.2 Å². The minimum Gasteiger partial charge on any atom is -0.493 e. The van der Waals surface area contributed by atoms with Crippen molar-refractivity contribution in [2.75, 3.05) is 38.7 Å². The Morgan fingerprint density at radius 1 is 1.04 bits per heavy atom. The number of aromatic nitrogens is 4. The molecule has 11 nitrogen and oxygen atoms in total. The maximum absolute atomic E-state index is 12.8. The van der Waals surface area contributed by atoms with Gasteiger partial charge in [0.1, 0.15) is 11.4 Å². The molecule has 1 aliphatic heterocycles. The molecule has 1 unspecified atom stereocenters. The standard InChI is InChI=1S/C22H28N2O3.C18H18N4O2/c1-26-19-11-17-16(15-3-4-15)5-8-23-18(17)12-20(19)27-10-2-9-24-13-21(25)22(14-24)6-7-22;1-12-9-10-15(19-11-12)20-17(23)16-13(2)21(3)22(18(16)24)14-7-5-4-6-8-14/h5,8,11-12,15,21,25H,2-4,6-7,9-10,13-14H2,1H3;4-11H,1-3H3,(H,19,20,23). The van der Waals surface area contributed by atoms with Crippen molar-refractivity contribution < 1.29 is 19.4 Å². The van der Waals surface area contributed by atoms with Crippen LogP contribution in [0.1, 0.15) is 65.2 Å². The van der Waals surface area contributed by atoms with Gasteiger partial charge in [-0.25, -0.2) is 9.67 Å². The normalized spacial score (nSPS) is 17.6. The van der Waals surface area contributed by atoms with Crippen LogP contribution in [0.4, 0.5) is 5.82 Å². The third-order valence-electron chi connectivity index (χ3n) is 10.5. The van der Waals surface area contributed by atoms with E-state index in [2.05, 4.69) is 32.3 Å². The number of pyridine rings is 2. The number of ether oxygens (including phenoxy) is 2. The maximum atomic E-state index is 12.8. The fourth-order valence-corrected chi connectivity index (χ4v) is 7.09. The molecule has 1 amide bonds. The second-order valence-corrected chi connectivity index (χ2v) is 14.1. The van der Waals surface area contributed by atoms with Crippen LogP contribution in [-0.2, 0) is 7.05 Å². The molecule has 51 heavy (non-hydrogen) atoms. The van der Waals surface area contributed by atoms with E-state index >= 15 is 0 Å². The average Bonchev–Trinajstić information content (AvgIpc) is 4.06. The zero-order chi connectivity index (χ0) is 35.7. The number of nitrogens with one attached hydrogen (secondary N) is 1. The molecular formula is C40H46N6O5. The first-order valence-electron chi connectivity index (χ1n) is 17.8. The Balaban J connectivity index is 0.000000161. The molecule has 2 saturated carbocycles. The van der Waals surface area contributed by atoms with E-state index in [1.807, 2.05) is 55.6 Å². The largest absolute Gasteiger partial charge is 0.493 e. The van der Waals surface area contributed by atoms with Crippen molar-refractivity contribution in [2.45, 2.75) is 58.0 Å².